The van der Waals surface area contributed by atoms with Crippen LogP contribution in [-0.4, -0.2) is 96.7 Å². The maximum atomic E-state index is 13.1. The molecule has 0 fully saturated rings. The zero-order chi connectivity index (χ0) is 73.8. The van der Waals surface area contributed by atoms with Gasteiger partial charge in [0.2, 0.25) is 0 Å². The van der Waals surface area contributed by atoms with E-state index in [0.29, 0.717) is 31.6 Å². The van der Waals surface area contributed by atoms with Gasteiger partial charge in [0.1, 0.15) is 19.3 Å². The van der Waals surface area contributed by atoms with Crippen LogP contribution < -0.4 is 0 Å². The van der Waals surface area contributed by atoms with Gasteiger partial charge in [-0.05, 0) is 49.4 Å². The maximum absolute atomic E-state index is 13.1. The van der Waals surface area contributed by atoms with E-state index in [1.807, 2.05) is 0 Å². The number of phosphoric ester groups is 2. The minimum absolute atomic E-state index is 0.107. The van der Waals surface area contributed by atoms with Gasteiger partial charge in [0.15, 0.2) is 12.2 Å². The number of ether oxygens (including phenoxy) is 4. The number of rotatable bonds is 78. The minimum atomic E-state index is -4.96. The Morgan fingerprint density at radius 1 is 0.280 bits per heavy atom. The molecule has 0 radical (unpaired) electrons. The number of esters is 4. The van der Waals surface area contributed by atoms with Gasteiger partial charge in [-0.15, -0.1) is 0 Å². The summed E-state index contributed by atoms with van der Waals surface area (Å²) in [7, 11) is -9.92. The predicted molar refractivity (Wildman–Crippen MR) is 409 cm³/mol. The van der Waals surface area contributed by atoms with E-state index in [-0.39, 0.29) is 25.7 Å². The Balaban J connectivity index is 5.16. The summed E-state index contributed by atoms with van der Waals surface area (Å²) < 4.78 is 68.6. The van der Waals surface area contributed by atoms with Crippen molar-refractivity contribution < 1.29 is 80.2 Å². The standard InChI is InChI=1S/C81H158O17P2/c1-9-73(7)59-51-43-34-27-23-19-15-13-11-12-14-16-21-25-29-37-47-55-64-81(86)98-77(68-92-79(84)62-54-46-40-39-42-50-58-72(5)6)70-96-100(89,90)94-66-75(82)65-93-99(87,88)95-69-76(67-91-78(83)61-53-45-36-32-31-33-41-49-57-71(3)4)97-80(85)63-56-48-38-30-26-22-18-17-20-24-28-35-44-52-60-74(8)10-2/h71-77,82H,9-70H2,1-8H3,(H,87,88)(H,89,90)/t73?,74?,75-,76-,77-/m1/s1. The number of hydrogen-bond acceptors (Lipinski definition) is 15. The molecule has 0 aromatic rings. The van der Waals surface area contributed by atoms with Crippen molar-refractivity contribution in [1.82, 2.24) is 0 Å². The van der Waals surface area contributed by atoms with Crippen molar-refractivity contribution in [1.29, 1.82) is 0 Å². The van der Waals surface area contributed by atoms with Crippen molar-refractivity contribution in [2.75, 3.05) is 39.6 Å². The summed E-state index contributed by atoms with van der Waals surface area (Å²) in [5.41, 5.74) is 0. The second-order valence-electron chi connectivity index (χ2n) is 30.6. The lowest BCUT2D eigenvalue weighted by molar-refractivity contribution is -0.161. The number of aliphatic hydroxyl groups excluding tert-OH is 1. The van der Waals surface area contributed by atoms with E-state index in [9.17, 15) is 43.2 Å². The van der Waals surface area contributed by atoms with Crippen LogP contribution in [0.1, 0.15) is 415 Å². The van der Waals surface area contributed by atoms with Gasteiger partial charge in [-0.2, -0.15) is 0 Å². The monoisotopic (exact) mass is 1470 g/mol. The molecule has 0 heterocycles. The van der Waals surface area contributed by atoms with Crippen LogP contribution in [0.3, 0.4) is 0 Å². The zero-order valence-corrected chi connectivity index (χ0v) is 67.6. The summed E-state index contributed by atoms with van der Waals surface area (Å²) in [5, 5.41) is 10.6. The largest absolute Gasteiger partial charge is 0.472 e. The van der Waals surface area contributed by atoms with Gasteiger partial charge in [0.05, 0.1) is 26.4 Å². The molecule has 3 N–H and O–H groups in total. The van der Waals surface area contributed by atoms with Crippen LogP contribution in [0.5, 0.6) is 0 Å². The quantitative estimate of drug-likeness (QED) is 0.0222. The van der Waals surface area contributed by atoms with Gasteiger partial charge in [0, 0.05) is 25.7 Å². The highest BCUT2D eigenvalue weighted by molar-refractivity contribution is 7.47. The topological polar surface area (TPSA) is 237 Å². The van der Waals surface area contributed by atoms with Gasteiger partial charge in [0.25, 0.3) is 0 Å². The summed E-state index contributed by atoms with van der Waals surface area (Å²) in [5.74, 6) is 1.00. The molecule has 19 heteroatoms. The number of unbranched alkanes of at least 4 members (excludes halogenated alkanes) is 42. The second-order valence-corrected chi connectivity index (χ2v) is 33.5. The summed E-state index contributed by atoms with van der Waals surface area (Å²) >= 11 is 0. The van der Waals surface area contributed by atoms with Gasteiger partial charge in [-0.25, -0.2) is 9.13 Å². The SMILES string of the molecule is CCC(C)CCCCCCCCCCCCCCCCCCCCC(=O)O[C@H](COC(=O)CCCCCCCCC(C)C)COP(=O)(O)OC[C@H](O)COP(=O)(O)OC[C@@H](COC(=O)CCCCCCCCCCC(C)C)OC(=O)CCCCCCCCCCCCCCCCC(C)CC. The van der Waals surface area contributed by atoms with Gasteiger partial charge in [-0.3, -0.25) is 37.3 Å². The first-order chi connectivity index (χ1) is 48.2. The third kappa shape index (κ3) is 71.7. The Kier molecular flexibility index (Phi) is 68.7. The lowest BCUT2D eigenvalue weighted by Gasteiger charge is -2.21. The average Bonchev–Trinajstić information content (AvgIpc) is 0.944. The number of aliphatic hydroxyl groups is 1. The second kappa shape index (κ2) is 70.1. The highest BCUT2D eigenvalue weighted by atomic mass is 31.2. The number of carbonyl (C=O) groups is 4. The smallest absolute Gasteiger partial charge is 0.462 e. The van der Waals surface area contributed by atoms with Crippen LogP contribution in [0.25, 0.3) is 0 Å². The number of phosphoric acid groups is 2. The molecule has 0 aliphatic heterocycles. The molecule has 0 aliphatic carbocycles. The van der Waals surface area contributed by atoms with Crippen molar-refractivity contribution >= 4 is 39.5 Å². The predicted octanol–water partition coefficient (Wildman–Crippen LogP) is 24.0. The number of carbonyl (C=O) groups excluding carboxylic acids is 4. The Bertz CT molecular complexity index is 1960. The van der Waals surface area contributed by atoms with E-state index < -0.39 is 97.5 Å². The van der Waals surface area contributed by atoms with Crippen molar-refractivity contribution in [3.8, 4) is 0 Å². The third-order valence-electron chi connectivity index (χ3n) is 19.5. The van der Waals surface area contributed by atoms with E-state index in [4.69, 9.17) is 37.0 Å². The van der Waals surface area contributed by atoms with Crippen LogP contribution in [0.2, 0.25) is 0 Å². The van der Waals surface area contributed by atoms with Crippen LogP contribution >= 0.6 is 15.6 Å². The van der Waals surface area contributed by atoms with Crippen LogP contribution in [-0.2, 0) is 65.4 Å². The molecule has 0 aliphatic rings. The molecule has 0 spiro atoms. The van der Waals surface area contributed by atoms with E-state index in [0.717, 1.165) is 114 Å². The van der Waals surface area contributed by atoms with Crippen LogP contribution in [0, 0.1) is 23.7 Å². The Hall–Kier alpha value is -1.94. The Labute approximate surface area is 613 Å². The highest BCUT2D eigenvalue weighted by Gasteiger charge is 2.30. The van der Waals surface area contributed by atoms with Crippen molar-refractivity contribution in [3.63, 3.8) is 0 Å². The fourth-order valence-corrected chi connectivity index (χ4v) is 13.9. The van der Waals surface area contributed by atoms with E-state index >= 15 is 0 Å². The summed E-state index contributed by atoms with van der Waals surface area (Å²) in [4.78, 5) is 72.9. The molecule has 0 bridgehead atoms. The minimum Gasteiger partial charge on any atom is -0.462 e. The molecule has 4 unspecified atom stereocenters. The molecule has 7 atom stereocenters. The highest BCUT2D eigenvalue weighted by Crippen LogP contribution is 2.45. The molecular weight excluding hydrogens is 1310 g/mol. The molecule has 0 saturated carbocycles. The molecule has 17 nitrogen and oxygen atoms in total. The molecule has 0 aromatic carbocycles. The molecule has 0 aromatic heterocycles. The zero-order valence-electron chi connectivity index (χ0n) is 65.8. The van der Waals surface area contributed by atoms with Crippen LogP contribution in [0.15, 0.2) is 0 Å². The Morgan fingerprint density at radius 2 is 0.480 bits per heavy atom. The summed E-state index contributed by atoms with van der Waals surface area (Å²) in [6.45, 7) is 14.2. The lowest BCUT2D eigenvalue weighted by Crippen LogP contribution is -2.30. The molecule has 0 amide bonds. The normalized spacial score (nSPS) is 14.6. The lowest BCUT2D eigenvalue weighted by atomic mass is 9.99. The molecule has 594 valence electrons. The first kappa shape index (κ1) is 98.1. The molecular formula is C81H158O17P2. The molecule has 100 heavy (non-hydrogen) atoms. The van der Waals surface area contributed by atoms with Crippen LogP contribution in [0.4, 0.5) is 0 Å². The van der Waals surface area contributed by atoms with E-state index in [1.54, 1.807) is 0 Å². The number of hydrogen-bond donors (Lipinski definition) is 3. The maximum Gasteiger partial charge on any atom is 0.472 e. The van der Waals surface area contributed by atoms with Crippen molar-refractivity contribution in [3.05, 3.63) is 0 Å². The van der Waals surface area contributed by atoms with Gasteiger partial charge in [-0.1, -0.05) is 364 Å². The van der Waals surface area contributed by atoms with Gasteiger partial charge < -0.3 is 33.8 Å². The Morgan fingerprint density at radius 3 is 0.710 bits per heavy atom. The van der Waals surface area contributed by atoms with E-state index in [2.05, 4.69) is 55.4 Å². The van der Waals surface area contributed by atoms with Gasteiger partial charge >= 0.3 is 39.5 Å². The van der Waals surface area contributed by atoms with E-state index in [1.165, 1.54) is 212 Å². The first-order valence-corrected chi connectivity index (χ1v) is 44.8. The first-order valence-electron chi connectivity index (χ1n) is 41.8. The third-order valence-corrected chi connectivity index (χ3v) is 21.4. The summed E-state index contributed by atoms with van der Waals surface area (Å²) in [6.07, 6.45) is 57.1. The van der Waals surface area contributed by atoms with Crippen molar-refractivity contribution in [2.45, 2.75) is 433 Å². The van der Waals surface area contributed by atoms with Crippen molar-refractivity contribution in [2.24, 2.45) is 23.7 Å². The average molecular weight is 1470 g/mol. The molecule has 0 saturated heterocycles. The fraction of sp³-hybridized carbons (Fsp3) is 0.951. The fourth-order valence-electron chi connectivity index (χ4n) is 12.4. The summed E-state index contributed by atoms with van der Waals surface area (Å²) in [6, 6.07) is 0. The molecule has 0 rings (SSSR count).